The first-order valence-electron chi connectivity index (χ1n) is 4.54. The highest BCUT2D eigenvalue weighted by Gasteiger charge is 2.06. The minimum Gasteiger partial charge on any atom is -0.382 e. The summed E-state index contributed by atoms with van der Waals surface area (Å²) < 4.78 is 1.59. The number of hydrogen-bond donors (Lipinski definition) is 1. The van der Waals surface area contributed by atoms with Crippen LogP contribution in [0.1, 0.15) is 12.5 Å². The van der Waals surface area contributed by atoms with Crippen molar-refractivity contribution in [3.63, 3.8) is 0 Å². The van der Waals surface area contributed by atoms with Gasteiger partial charge < -0.3 is 5.73 Å². The summed E-state index contributed by atoms with van der Waals surface area (Å²) in [5.41, 5.74) is 6.71. The van der Waals surface area contributed by atoms with Crippen LogP contribution in [0.4, 0.5) is 5.82 Å². The molecule has 0 aliphatic carbocycles. The molecule has 0 fully saturated rings. The van der Waals surface area contributed by atoms with E-state index in [0.717, 1.165) is 12.0 Å². The maximum absolute atomic E-state index is 5.71. The van der Waals surface area contributed by atoms with E-state index in [1.807, 2.05) is 13.1 Å². The molecule has 0 aromatic carbocycles. The number of nitrogens with zero attached hydrogens (tertiary/aromatic N) is 4. The van der Waals surface area contributed by atoms with Crippen molar-refractivity contribution in [3.8, 4) is 5.82 Å². The molecule has 0 spiro atoms. The summed E-state index contributed by atoms with van der Waals surface area (Å²) in [6.07, 6.45) is 2.68. The van der Waals surface area contributed by atoms with E-state index in [1.165, 1.54) is 0 Å². The summed E-state index contributed by atoms with van der Waals surface area (Å²) in [4.78, 5) is 0. The molecule has 2 N–H and O–H groups in total. The molecule has 0 aliphatic heterocycles. The molecule has 78 valence electrons. The van der Waals surface area contributed by atoms with Crippen LogP contribution in [-0.2, 0) is 6.42 Å². The van der Waals surface area contributed by atoms with E-state index >= 15 is 0 Å². The lowest BCUT2D eigenvalue weighted by Gasteiger charge is -1.97. The quantitative estimate of drug-likeness (QED) is 0.837. The van der Waals surface area contributed by atoms with Gasteiger partial charge in [0.05, 0.1) is 0 Å². The number of anilines is 1. The van der Waals surface area contributed by atoms with E-state index in [1.54, 1.807) is 16.8 Å². The van der Waals surface area contributed by atoms with Gasteiger partial charge in [0.15, 0.2) is 11.0 Å². The standard InChI is InChI=1S/C9H10ClN5/c1-2-6-5-15(14-9(6)11)8-4-3-7(10)12-13-8/h3-5H,2H2,1H3,(H2,11,14). The van der Waals surface area contributed by atoms with Gasteiger partial charge in [0, 0.05) is 11.8 Å². The molecule has 5 nitrogen and oxygen atoms in total. The lowest BCUT2D eigenvalue weighted by molar-refractivity contribution is 0.817. The number of halogens is 1. The van der Waals surface area contributed by atoms with Crippen LogP contribution in [0.25, 0.3) is 5.82 Å². The zero-order valence-corrected chi connectivity index (χ0v) is 8.94. The van der Waals surface area contributed by atoms with Gasteiger partial charge in [-0.05, 0) is 18.6 Å². The summed E-state index contributed by atoms with van der Waals surface area (Å²) in [6, 6.07) is 3.40. The van der Waals surface area contributed by atoms with Crippen molar-refractivity contribution in [1.82, 2.24) is 20.0 Å². The second kappa shape index (κ2) is 3.86. The Kier molecular flexibility index (Phi) is 2.55. The Morgan fingerprint density at radius 1 is 1.40 bits per heavy atom. The molecule has 0 atom stereocenters. The largest absolute Gasteiger partial charge is 0.382 e. The first kappa shape index (κ1) is 9.92. The van der Waals surface area contributed by atoms with Crippen molar-refractivity contribution in [2.45, 2.75) is 13.3 Å². The molecule has 0 saturated carbocycles. The van der Waals surface area contributed by atoms with E-state index in [0.29, 0.717) is 16.8 Å². The lowest BCUT2D eigenvalue weighted by Crippen LogP contribution is -2.00. The van der Waals surface area contributed by atoms with Crippen molar-refractivity contribution in [1.29, 1.82) is 0 Å². The molecule has 0 saturated heterocycles. The molecule has 0 amide bonds. The summed E-state index contributed by atoms with van der Waals surface area (Å²) >= 11 is 5.63. The SMILES string of the molecule is CCc1cn(-c2ccc(Cl)nn2)nc1N. The highest BCUT2D eigenvalue weighted by molar-refractivity contribution is 6.29. The van der Waals surface area contributed by atoms with Gasteiger partial charge in [0.25, 0.3) is 0 Å². The number of nitrogens with two attached hydrogens (primary N) is 1. The molecule has 2 rings (SSSR count). The topological polar surface area (TPSA) is 69.6 Å². The zero-order valence-electron chi connectivity index (χ0n) is 8.18. The van der Waals surface area contributed by atoms with Crippen LogP contribution < -0.4 is 5.73 Å². The summed E-state index contributed by atoms with van der Waals surface area (Å²) in [5, 5.41) is 12.1. The molecule has 2 aromatic heterocycles. The van der Waals surface area contributed by atoms with Gasteiger partial charge in [-0.25, -0.2) is 4.68 Å². The first-order valence-corrected chi connectivity index (χ1v) is 4.92. The Hall–Kier alpha value is -1.62. The van der Waals surface area contributed by atoms with Crippen LogP contribution in [0.3, 0.4) is 0 Å². The second-order valence-electron chi connectivity index (χ2n) is 3.05. The fourth-order valence-corrected chi connectivity index (χ4v) is 1.34. The van der Waals surface area contributed by atoms with Gasteiger partial charge in [-0.15, -0.1) is 15.3 Å². The average molecular weight is 224 g/mol. The molecule has 0 unspecified atom stereocenters. The number of hydrogen-bond acceptors (Lipinski definition) is 4. The molecule has 2 heterocycles. The first-order chi connectivity index (χ1) is 7.20. The molecule has 6 heteroatoms. The minimum absolute atomic E-state index is 0.356. The van der Waals surface area contributed by atoms with Crippen molar-refractivity contribution in [2.24, 2.45) is 0 Å². The molecule has 0 bridgehead atoms. The van der Waals surface area contributed by atoms with E-state index in [2.05, 4.69) is 15.3 Å². The summed E-state index contributed by atoms with van der Waals surface area (Å²) in [7, 11) is 0. The zero-order chi connectivity index (χ0) is 10.8. The van der Waals surface area contributed by atoms with Crippen LogP contribution in [-0.4, -0.2) is 20.0 Å². The van der Waals surface area contributed by atoms with Crippen LogP contribution >= 0.6 is 11.6 Å². The monoisotopic (exact) mass is 223 g/mol. The Balaban J connectivity index is 2.41. The maximum atomic E-state index is 5.71. The Morgan fingerprint density at radius 2 is 2.20 bits per heavy atom. The summed E-state index contributed by atoms with van der Waals surface area (Å²) in [6.45, 7) is 2.02. The van der Waals surface area contributed by atoms with Crippen LogP contribution in [0.2, 0.25) is 5.15 Å². The number of aryl methyl sites for hydroxylation is 1. The van der Waals surface area contributed by atoms with Crippen molar-refractivity contribution < 1.29 is 0 Å². The number of nitrogen functional groups attached to an aromatic ring is 1. The van der Waals surface area contributed by atoms with E-state index in [9.17, 15) is 0 Å². The van der Waals surface area contributed by atoms with Crippen molar-refractivity contribution in [3.05, 3.63) is 29.0 Å². The van der Waals surface area contributed by atoms with Crippen LogP contribution in [0, 0.1) is 0 Å². The van der Waals surface area contributed by atoms with Crippen molar-refractivity contribution >= 4 is 17.4 Å². The second-order valence-corrected chi connectivity index (χ2v) is 3.44. The Bertz CT molecular complexity index is 462. The van der Waals surface area contributed by atoms with Gasteiger partial charge in [-0.3, -0.25) is 0 Å². The minimum atomic E-state index is 0.356. The lowest BCUT2D eigenvalue weighted by atomic mass is 10.3. The fourth-order valence-electron chi connectivity index (χ4n) is 1.24. The third-order valence-electron chi connectivity index (χ3n) is 2.06. The maximum Gasteiger partial charge on any atom is 0.175 e. The van der Waals surface area contributed by atoms with Crippen LogP contribution in [0.15, 0.2) is 18.3 Å². The molecule has 2 aromatic rings. The van der Waals surface area contributed by atoms with Crippen molar-refractivity contribution in [2.75, 3.05) is 5.73 Å². The van der Waals surface area contributed by atoms with Gasteiger partial charge in [-0.2, -0.15) is 0 Å². The Labute approximate surface area is 91.9 Å². The predicted octanol–water partition coefficient (Wildman–Crippen LogP) is 1.46. The normalized spacial score (nSPS) is 10.5. The van der Waals surface area contributed by atoms with E-state index in [-0.39, 0.29) is 0 Å². The smallest absolute Gasteiger partial charge is 0.175 e. The third kappa shape index (κ3) is 1.92. The van der Waals surface area contributed by atoms with E-state index in [4.69, 9.17) is 17.3 Å². The predicted molar refractivity (Wildman–Crippen MR) is 58.0 cm³/mol. The van der Waals surface area contributed by atoms with Crippen LogP contribution in [0.5, 0.6) is 0 Å². The molecular formula is C9H10ClN5. The Morgan fingerprint density at radius 3 is 2.73 bits per heavy atom. The third-order valence-corrected chi connectivity index (χ3v) is 2.26. The summed E-state index contributed by atoms with van der Waals surface area (Å²) in [5.74, 6) is 1.13. The van der Waals surface area contributed by atoms with Gasteiger partial charge in [-0.1, -0.05) is 18.5 Å². The van der Waals surface area contributed by atoms with Gasteiger partial charge >= 0.3 is 0 Å². The fraction of sp³-hybridized carbons (Fsp3) is 0.222. The van der Waals surface area contributed by atoms with E-state index < -0.39 is 0 Å². The highest BCUT2D eigenvalue weighted by atomic mass is 35.5. The molecular weight excluding hydrogens is 214 g/mol. The molecule has 15 heavy (non-hydrogen) atoms. The number of aromatic nitrogens is 4. The van der Waals surface area contributed by atoms with Gasteiger partial charge in [0.1, 0.15) is 5.82 Å². The highest BCUT2D eigenvalue weighted by Crippen LogP contribution is 2.13. The molecule has 0 aliphatic rings. The van der Waals surface area contributed by atoms with Gasteiger partial charge in [0.2, 0.25) is 0 Å². The average Bonchev–Trinajstić information content (AvgIpc) is 2.61. The number of rotatable bonds is 2. The molecule has 0 radical (unpaired) electrons.